The molecule has 10 heteroatoms. The van der Waals surface area contributed by atoms with E-state index < -0.39 is 26.4 Å². The van der Waals surface area contributed by atoms with Gasteiger partial charge in [-0.15, -0.1) is 0 Å². The van der Waals surface area contributed by atoms with Crippen LogP contribution in [0.2, 0.25) is 20.1 Å². The molecular formula is C19H12Cl4O5S. The molecular weight excluding hydrogens is 482 g/mol. The van der Waals surface area contributed by atoms with Gasteiger partial charge in [0.05, 0.1) is 15.1 Å². The summed E-state index contributed by atoms with van der Waals surface area (Å²) >= 11 is 24.3. The lowest BCUT2D eigenvalue weighted by atomic mass is 9.83. The molecule has 0 aliphatic rings. The van der Waals surface area contributed by atoms with Gasteiger partial charge >= 0.3 is 0 Å². The topological polar surface area (TPSA) is 94.8 Å². The number of rotatable bonds is 4. The van der Waals surface area contributed by atoms with Crippen LogP contribution in [0, 0.1) is 0 Å². The smallest absolute Gasteiger partial charge is 0.283 e. The van der Waals surface area contributed by atoms with E-state index in [2.05, 4.69) is 0 Å². The van der Waals surface area contributed by atoms with Crippen molar-refractivity contribution in [2.75, 3.05) is 0 Å². The van der Waals surface area contributed by atoms with Crippen molar-refractivity contribution >= 4 is 56.5 Å². The van der Waals surface area contributed by atoms with E-state index in [-0.39, 0.29) is 36.8 Å². The van der Waals surface area contributed by atoms with E-state index in [1.54, 1.807) is 6.07 Å². The van der Waals surface area contributed by atoms with Crippen molar-refractivity contribution in [3.8, 4) is 11.5 Å². The summed E-state index contributed by atoms with van der Waals surface area (Å²) in [4.78, 5) is 0. The fourth-order valence-electron chi connectivity index (χ4n) is 3.18. The largest absolute Gasteiger partial charge is 0.508 e. The van der Waals surface area contributed by atoms with E-state index in [1.807, 2.05) is 0 Å². The van der Waals surface area contributed by atoms with Crippen LogP contribution in [0.3, 0.4) is 0 Å². The third-order valence-corrected chi connectivity index (χ3v) is 7.19. The SMILES string of the molecule is O=S(=O)(O)C(c1ccccc1)(c1cc(O)c(Cl)cc1O)c1cc(Cl)c(Cl)cc1Cl. The summed E-state index contributed by atoms with van der Waals surface area (Å²) in [5, 5.41) is 20.4. The normalized spacial score (nSPS) is 13.8. The molecule has 0 radical (unpaired) electrons. The zero-order valence-corrected chi connectivity index (χ0v) is 18.1. The van der Waals surface area contributed by atoms with Gasteiger partial charge in [-0.05, 0) is 23.8 Å². The summed E-state index contributed by atoms with van der Waals surface area (Å²) in [6, 6.07) is 11.8. The molecule has 0 aliphatic heterocycles. The second-order valence-corrected chi connectivity index (χ2v) is 9.28. The highest BCUT2D eigenvalue weighted by molar-refractivity contribution is 7.87. The average molecular weight is 494 g/mol. The molecule has 0 bridgehead atoms. The Labute approximate surface area is 186 Å². The first-order valence-electron chi connectivity index (χ1n) is 7.89. The zero-order valence-electron chi connectivity index (χ0n) is 14.3. The van der Waals surface area contributed by atoms with Crippen LogP contribution in [-0.2, 0) is 14.9 Å². The number of phenolic OH excluding ortho intramolecular Hbond substituents is 2. The monoisotopic (exact) mass is 492 g/mol. The fourth-order valence-corrected chi connectivity index (χ4v) is 5.41. The Hall–Kier alpha value is -1.67. The van der Waals surface area contributed by atoms with Crippen molar-refractivity contribution in [2.24, 2.45) is 0 Å². The molecule has 29 heavy (non-hydrogen) atoms. The molecule has 1 atom stereocenters. The number of phenols is 2. The average Bonchev–Trinajstić information content (AvgIpc) is 2.63. The van der Waals surface area contributed by atoms with Crippen LogP contribution in [0.15, 0.2) is 54.6 Å². The third-order valence-electron chi connectivity index (χ3n) is 4.40. The van der Waals surface area contributed by atoms with E-state index in [1.165, 1.54) is 36.4 Å². The molecule has 0 saturated heterocycles. The van der Waals surface area contributed by atoms with Crippen molar-refractivity contribution < 1.29 is 23.2 Å². The molecule has 0 aromatic heterocycles. The lowest BCUT2D eigenvalue weighted by molar-refractivity contribution is 0.434. The summed E-state index contributed by atoms with van der Waals surface area (Å²) in [6.45, 7) is 0. The van der Waals surface area contributed by atoms with Crippen molar-refractivity contribution in [1.82, 2.24) is 0 Å². The van der Waals surface area contributed by atoms with Crippen LogP contribution in [-0.4, -0.2) is 23.2 Å². The summed E-state index contributed by atoms with van der Waals surface area (Å²) in [5.41, 5.74) is -0.535. The molecule has 3 rings (SSSR count). The molecule has 5 nitrogen and oxygen atoms in total. The van der Waals surface area contributed by atoms with Crippen molar-refractivity contribution in [3.05, 3.63) is 91.4 Å². The van der Waals surface area contributed by atoms with E-state index >= 15 is 0 Å². The minimum absolute atomic E-state index is 0.0276. The zero-order chi connectivity index (χ0) is 21.6. The Morgan fingerprint density at radius 3 is 1.86 bits per heavy atom. The Kier molecular flexibility index (Phi) is 5.98. The maximum Gasteiger partial charge on any atom is 0.283 e. The molecule has 3 aromatic carbocycles. The lowest BCUT2D eigenvalue weighted by Crippen LogP contribution is -2.38. The minimum Gasteiger partial charge on any atom is -0.508 e. The Bertz CT molecular complexity index is 1140. The van der Waals surface area contributed by atoms with Crippen molar-refractivity contribution in [1.29, 1.82) is 0 Å². The highest BCUT2D eigenvalue weighted by atomic mass is 35.5. The number of halogens is 4. The van der Waals surface area contributed by atoms with Crippen LogP contribution >= 0.6 is 46.4 Å². The maximum absolute atomic E-state index is 12.9. The molecule has 0 amide bonds. The van der Waals surface area contributed by atoms with Crippen LogP contribution in [0.25, 0.3) is 0 Å². The molecule has 0 spiro atoms. The van der Waals surface area contributed by atoms with Crippen molar-refractivity contribution in [3.63, 3.8) is 0 Å². The molecule has 3 N–H and O–H groups in total. The van der Waals surface area contributed by atoms with E-state index in [0.29, 0.717) is 0 Å². The summed E-state index contributed by atoms with van der Waals surface area (Å²) < 4.78 is 33.9. The molecule has 0 fully saturated rings. The van der Waals surface area contributed by atoms with E-state index in [4.69, 9.17) is 46.4 Å². The van der Waals surface area contributed by atoms with Gasteiger partial charge in [0.1, 0.15) is 11.5 Å². The predicted molar refractivity (Wildman–Crippen MR) is 114 cm³/mol. The second kappa shape index (κ2) is 7.87. The summed E-state index contributed by atoms with van der Waals surface area (Å²) in [5.74, 6) is -1.11. The fraction of sp³-hybridized carbons (Fsp3) is 0.0526. The third kappa shape index (κ3) is 3.65. The van der Waals surface area contributed by atoms with Gasteiger partial charge in [0.2, 0.25) is 0 Å². The van der Waals surface area contributed by atoms with Gasteiger partial charge in [-0.2, -0.15) is 8.42 Å². The number of hydrogen-bond acceptors (Lipinski definition) is 4. The number of aromatic hydroxyl groups is 2. The summed E-state index contributed by atoms with van der Waals surface area (Å²) in [7, 11) is -5.09. The maximum atomic E-state index is 12.9. The first-order chi connectivity index (χ1) is 13.5. The minimum atomic E-state index is -5.09. The molecule has 0 aliphatic carbocycles. The van der Waals surface area contributed by atoms with Gasteiger partial charge in [-0.25, -0.2) is 0 Å². The van der Waals surface area contributed by atoms with Crippen molar-refractivity contribution in [2.45, 2.75) is 4.75 Å². The van der Waals surface area contributed by atoms with Gasteiger partial charge in [0.15, 0.2) is 4.75 Å². The molecule has 1 unspecified atom stereocenters. The van der Waals surface area contributed by atoms with Crippen LogP contribution < -0.4 is 0 Å². The van der Waals surface area contributed by atoms with Gasteiger partial charge < -0.3 is 10.2 Å². The van der Waals surface area contributed by atoms with Gasteiger partial charge in [0.25, 0.3) is 10.1 Å². The first kappa shape index (κ1) is 22.0. The molecule has 0 heterocycles. The van der Waals surface area contributed by atoms with E-state index in [0.717, 1.165) is 12.1 Å². The quantitative estimate of drug-likeness (QED) is 0.182. The highest BCUT2D eigenvalue weighted by Crippen LogP contribution is 2.51. The second-order valence-electron chi connectivity index (χ2n) is 6.09. The molecule has 3 aromatic rings. The van der Waals surface area contributed by atoms with Gasteiger partial charge in [-0.3, -0.25) is 4.55 Å². The molecule has 152 valence electrons. The first-order valence-corrected chi connectivity index (χ1v) is 10.8. The number of benzene rings is 3. The van der Waals surface area contributed by atoms with Crippen LogP contribution in [0.4, 0.5) is 0 Å². The highest BCUT2D eigenvalue weighted by Gasteiger charge is 2.51. The van der Waals surface area contributed by atoms with E-state index in [9.17, 15) is 23.2 Å². The standard InChI is InChI=1S/C19H12Cl4O5S/c20-13-8-15(22)14(21)6-11(13)19(29(26,27)28,10-4-2-1-3-5-10)12-7-18(25)16(23)9-17(12)24/h1-9,24-25H,(H,26,27,28). The van der Waals surface area contributed by atoms with Gasteiger partial charge in [-0.1, -0.05) is 76.7 Å². The van der Waals surface area contributed by atoms with Gasteiger partial charge in [0, 0.05) is 22.2 Å². The lowest BCUT2D eigenvalue weighted by Gasteiger charge is -2.34. The summed E-state index contributed by atoms with van der Waals surface area (Å²) in [6.07, 6.45) is 0. The molecule has 0 saturated carbocycles. The number of hydrogen-bond donors (Lipinski definition) is 3. The Morgan fingerprint density at radius 1 is 0.690 bits per heavy atom. The predicted octanol–water partition coefficient (Wildman–Crippen LogP) is 5.89. The van der Waals surface area contributed by atoms with Crippen LogP contribution in [0.1, 0.15) is 16.7 Å². The Morgan fingerprint density at radius 2 is 1.28 bits per heavy atom. The Balaban J connectivity index is 2.62. The van der Waals surface area contributed by atoms with Crippen LogP contribution in [0.5, 0.6) is 11.5 Å².